The Hall–Kier alpha value is -0.590. The second kappa shape index (κ2) is 3.44. The molecule has 0 bridgehead atoms. The van der Waals surface area contributed by atoms with Gasteiger partial charge in [-0.1, -0.05) is 19.1 Å². The molecule has 0 aromatic heterocycles. The Labute approximate surface area is 57.3 Å². The van der Waals surface area contributed by atoms with E-state index in [9.17, 15) is 0 Å². The summed E-state index contributed by atoms with van der Waals surface area (Å²) in [6.45, 7) is 9.70. The van der Waals surface area contributed by atoms with E-state index in [4.69, 9.17) is 5.41 Å². The van der Waals surface area contributed by atoms with E-state index in [1.165, 1.54) is 0 Å². The van der Waals surface area contributed by atoms with Crippen LogP contribution in [0.15, 0.2) is 12.2 Å². The highest BCUT2D eigenvalue weighted by atomic mass is 14.4. The summed E-state index contributed by atoms with van der Waals surface area (Å²) in [5, 5.41) is 7.32. The third kappa shape index (κ3) is 2.45. The number of rotatable bonds is 3. The van der Waals surface area contributed by atoms with Crippen molar-refractivity contribution < 1.29 is 0 Å². The van der Waals surface area contributed by atoms with Crippen molar-refractivity contribution in [2.24, 2.45) is 5.92 Å². The zero-order valence-electron chi connectivity index (χ0n) is 6.49. The number of hydrogen-bond donors (Lipinski definition) is 1. The van der Waals surface area contributed by atoms with Gasteiger partial charge in [-0.3, -0.25) is 0 Å². The molecule has 0 spiro atoms. The van der Waals surface area contributed by atoms with Gasteiger partial charge < -0.3 is 5.41 Å². The first-order valence-corrected chi connectivity index (χ1v) is 3.30. The Morgan fingerprint density at radius 3 is 2.00 bits per heavy atom. The van der Waals surface area contributed by atoms with Crippen LogP contribution < -0.4 is 0 Å². The standard InChI is InChI=1S/C8H15N/c1-5-8(6(2)3)7(4)9/h8-9H,2,5H2,1,3-4H3. The van der Waals surface area contributed by atoms with Gasteiger partial charge in [-0.05, 0) is 20.3 Å². The molecule has 0 fully saturated rings. The SMILES string of the molecule is C=C(C)C(CC)C(C)=N. The summed E-state index contributed by atoms with van der Waals surface area (Å²) in [6, 6.07) is 0. The highest BCUT2D eigenvalue weighted by molar-refractivity contribution is 5.83. The zero-order chi connectivity index (χ0) is 7.44. The molecule has 1 atom stereocenters. The zero-order valence-corrected chi connectivity index (χ0v) is 6.49. The van der Waals surface area contributed by atoms with Crippen LogP contribution in [0.5, 0.6) is 0 Å². The number of hydrogen-bond acceptors (Lipinski definition) is 1. The molecule has 0 aliphatic heterocycles. The van der Waals surface area contributed by atoms with E-state index in [1.807, 2.05) is 13.8 Å². The number of allylic oxidation sites excluding steroid dienone is 1. The summed E-state index contributed by atoms with van der Waals surface area (Å²) in [4.78, 5) is 0. The molecule has 0 rings (SSSR count). The minimum atomic E-state index is 0.310. The van der Waals surface area contributed by atoms with Crippen LogP contribution in [0.1, 0.15) is 27.2 Å². The Morgan fingerprint density at radius 2 is 2.00 bits per heavy atom. The predicted octanol–water partition coefficient (Wildman–Crippen LogP) is 2.63. The molecule has 0 amide bonds. The van der Waals surface area contributed by atoms with Gasteiger partial charge in [0, 0.05) is 11.6 Å². The van der Waals surface area contributed by atoms with Crippen molar-refractivity contribution in [2.45, 2.75) is 27.2 Å². The van der Waals surface area contributed by atoms with Crippen LogP contribution in [-0.4, -0.2) is 5.71 Å². The molecule has 0 aliphatic rings. The predicted molar refractivity (Wildman–Crippen MR) is 42.0 cm³/mol. The molecular formula is C8H15N. The average Bonchev–Trinajstić information content (AvgIpc) is 1.64. The molecule has 1 N–H and O–H groups in total. The van der Waals surface area contributed by atoms with Crippen LogP contribution in [0.2, 0.25) is 0 Å². The van der Waals surface area contributed by atoms with Gasteiger partial charge in [0.15, 0.2) is 0 Å². The third-order valence-corrected chi connectivity index (χ3v) is 1.53. The largest absolute Gasteiger partial charge is 0.309 e. The van der Waals surface area contributed by atoms with Gasteiger partial charge in [-0.25, -0.2) is 0 Å². The molecule has 0 aromatic rings. The summed E-state index contributed by atoms with van der Waals surface area (Å²) in [6.07, 6.45) is 1.00. The quantitative estimate of drug-likeness (QED) is 0.443. The van der Waals surface area contributed by atoms with Gasteiger partial charge >= 0.3 is 0 Å². The lowest BCUT2D eigenvalue weighted by Crippen LogP contribution is -2.08. The first kappa shape index (κ1) is 8.41. The maximum atomic E-state index is 7.32. The van der Waals surface area contributed by atoms with E-state index >= 15 is 0 Å². The molecule has 0 heterocycles. The first-order chi connectivity index (χ1) is 4.09. The van der Waals surface area contributed by atoms with Gasteiger partial charge in [0.25, 0.3) is 0 Å². The van der Waals surface area contributed by atoms with Crippen molar-refractivity contribution in [2.75, 3.05) is 0 Å². The fraction of sp³-hybridized carbons (Fsp3) is 0.625. The fourth-order valence-corrected chi connectivity index (χ4v) is 1.02. The highest BCUT2D eigenvalue weighted by Gasteiger charge is 2.07. The van der Waals surface area contributed by atoms with E-state index in [1.54, 1.807) is 0 Å². The van der Waals surface area contributed by atoms with Crippen LogP contribution in [-0.2, 0) is 0 Å². The molecule has 9 heavy (non-hydrogen) atoms. The molecule has 0 saturated carbocycles. The van der Waals surface area contributed by atoms with E-state index in [2.05, 4.69) is 13.5 Å². The van der Waals surface area contributed by atoms with Crippen LogP contribution in [0, 0.1) is 11.3 Å². The van der Waals surface area contributed by atoms with Crippen LogP contribution >= 0.6 is 0 Å². The van der Waals surface area contributed by atoms with E-state index in [0.29, 0.717) is 5.92 Å². The smallest absolute Gasteiger partial charge is 0.0164 e. The molecule has 0 radical (unpaired) electrons. The second-order valence-electron chi connectivity index (χ2n) is 2.49. The monoisotopic (exact) mass is 125 g/mol. The molecule has 0 aliphatic carbocycles. The first-order valence-electron chi connectivity index (χ1n) is 3.30. The van der Waals surface area contributed by atoms with Crippen LogP contribution in [0.4, 0.5) is 0 Å². The maximum Gasteiger partial charge on any atom is 0.0164 e. The van der Waals surface area contributed by atoms with Crippen molar-refractivity contribution in [3.05, 3.63) is 12.2 Å². The molecule has 0 aromatic carbocycles. The Morgan fingerprint density at radius 1 is 1.56 bits per heavy atom. The Kier molecular flexibility index (Phi) is 3.21. The topological polar surface area (TPSA) is 23.9 Å². The van der Waals surface area contributed by atoms with Gasteiger partial charge in [0.05, 0.1) is 0 Å². The molecule has 1 unspecified atom stereocenters. The van der Waals surface area contributed by atoms with Crippen molar-refractivity contribution in [1.29, 1.82) is 5.41 Å². The summed E-state index contributed by atoms with van der Waals surface area (Å²) in [5.41, 5.74) is 1.83. The normalized spacial score (nSPS) is 12.8. The van der Waals surface area contributed by atoms with Crippen molar-refractivity contribution >= 4 is 5.71 Å². The average molecular weight is 125 g/mol. The van der Waals surface area contributed by atoms with Crippen molar-refractivity contribution in [1.82, 2.24) is 0 Å². The van der Waals surface area contributed by atoms with Crippen LogP contribution in [0.25, 0.3) is 0 Å². The Balaban J connectivity index is 3.99. The molecule has 0 saturated heterocycles. The Bertz CT molecular complexity index is 111. The molecule has 1 heteroatoms. The molecule has 1 nitrogen and oxygen atoms in total. The van der Waals surface area contributed by atoms with E-state index < -0.39 is 0 Å². The summed E-state index contributed by atoms with van der Waals surface area (Å²) in [7, 11) is 0. The molecular weight excluding hydrogens is 110 g/mol. The minimum absolute atomic E-state index is 0.310. The summed E-state index contributed by atoms with van der Waals surface area (Å²) in [5.74, 6) is 0.310. The van der Waals surface area contributed by atoms with Gasteiger partial charge in [-0.15, -0.1) is 0 Å². The summed E-state index contributed by atoms with van der Waals surface area (Å²) < 4.78 is 0. The maximum absolute atomic E-state index is 7.32. The van der Waals surface area contributed by atoms with Gasteiger partial charge in [0.2, 0.25) is 0 Å². The lowest BCUT2D eigenvalue weighted by molar-refractivity contribution is 0.762. The molecule has 52 valence electrons. The van der Waals surface area contributed by atoms with Gasteiger partial charge in [-0.2, -0.15) is 0 Å². The summed E-state index contributed by atoms with van der Waals surface area (Å²) >= 11 is 0. The highest BCUT2D eigenvalue weighted by Crippen LogP contribution is 2.12. The van der Waals surface area contributed by atoms with Crippen molar-refractivity contribution in [3.8, 4) is 0 Å². The second-order valence-corrected chi connectivity index (χ2v) is 2.49. The lowest BCUT2D eigenvalue weighted by atomic mass is 9.95. The lowest BCUT2D eigenvalue weighted by Gasteiger charge is -2.11. The van der Waals surface area contributed by atoms with Crippen LogP contribution in [0.3, 0.4) is 0 Å². The number of nitrogens with one attached hydrogen (secondary N) is 1. The van der Waals surface area contributed by atoms with E-state index in [-0.39, 0.29) is 0 Å². The van der Waals surface area contributed by atoms with Gasteiger partial charge in [0.1, 0.15) is 0 Å². The van der Waals surface area contributed by atoms with Crippen molar-refractivity contribution in [3.63, 3.8) is 0 Å². The fourth-order valence-electron chi connectivity index (χ4n) is 1.02. The minimum Gasteiger partial charge on any atom is -0.309 e. The van der Waals surface area contributed by atoms with E-state index in [0.717, 1.165) is 17.7 Å². The third-order valence-electron chi connectivity index (χ3n) is 1.53.